The molecule has 9 nitrogen and oxygen atoms in total. The minimum Gasteiger partial charge on any atom is -0.399 e. The van der Waals surface area contributed by atoms with Gasteiger partial charge >= 0.3 is 7.12 Å². The van der Waals surface area contributed by atoms with E-state index in [0.29, 0.717) is 12.6 Å². The van der Waals surface area contributed by atoms with Crippen molar-refractivity contribution in [3.05, 3.63) is 41.3 Å². The van der Waals surface area contributed by atoms with Crippen LogP contribution >= 0.6 is 0 Å². The van der Waals surface area contributed by atoms with E-state index in [4.69, 9.17) is 14.4 Å². The second-order valence-corrected chi connectivity index (χ2v) is 14.3. The Bertz CT molecular complexity index is 1550. The molecule has 5 heterocycles. The molecule has 7 rings (SSSR count). The Morgan fingerprint density at radius 1 is 0.977 bits per heavy atom. The smallest absolute Gasteiger partial charge is 0.399 e. The summed E-state index contributed by atoms with van der Waals surface area (Å²) < 4.78 is 17.5. The van der Waals surface area contributed by atoms with Crippen LogP contribution in [0.25, 0.3) is 11.1 Å². The predicted octanol–water partition coefficient (Wildman–Crippen LogP) is 5.47. The Morgan fingerprint density at radius 3 is 2.36 bits per heavy atom. The maximum Gasteiger partial charge on any atom is 0.495 e. The molecule has 234 valence electrons. The van der Waals surface area contributed by atoms with E-state index in [1.54, 1.807) is 6.92 Å². The van der Waals surface area contributed by atoms with Gasteiger partial charge in [-0.3, -0.25) is 14.2 Å². The van der Waals surface area contributed by atoms with Crippen molar-refractivity contribution in [2.75, 3.05) is 18.0 Å². The zero-order chi connectivity index (χ0) is 30.8. The zero-order valence-corrected chi connectivity index (χ0v) is 27.4. The van der Waals surface area contributed by atoms with Gasteiger partial charge in [-0.1, -0.05) is 25.7 Å². The fourth-order valence-corrected chi connectivity index (χ4v) is 7.56. The first-order valence-electron chi connectivity index (χ1n) is 16.7. The second-order valence-electron chi connectivity index (χ2n) is 14.3. The van der Waals surface area contributed by atoms with Crippen LogP contribution in [-0.4, -0.2) is 61.8 Å². The third-order valence-electron chi connectivity index (χ3n) is 10.8. The summed E-state index contributed by atoms with van der Waals surface area (Å²) in [7, 11) is 1.45. The molecule has 44 heavy (non-hydrogen) atoms. The predicted molar refractivity (Wildman–Crippen MR) is 173 cm³/mol. The number of rotatable bonds is 4. The molecule has 4 aliphatic rings. The third-order valence-corrected chi connectivity index (χ3v) is 10.8. The molecule has 0 unspecified atom stereocenters. The number of carbonyl (C=O) groups excluding carboxylic acids is 1. The van der Waals surface area contributed by atoms with Gasteiger partial charge in [-0.05, 0) is 82.1 Å². The van der Waals surface area contributed by atoms with E-state index in [-0.39, 0.29) is 5.91 Å². The highest BCUT2D eigenvalue weighted by Gasteiger charge is 2.52. The number of fused-ring (bicyclic) bond motifs is 2. The first kappa shape index (κ1) is 29.6. The van der Waals surface area contributed by atoms with Crippen molar-refractivity contribution in [3.63, 3.8) is 0 Å². The lowest BCUT2D eigenvalue weighted by Crippen LogP contribution is -2.41. The molecule has 2 fully saturated rings. The Hall–Kier alpha value is -3.11. The van der Waals surface area contributed by atoms with Gasteiger partial charge in [0.2, 0.25) is 5.91 Å². The van der Waals surface area contributed by atoms with Gasteiger partial charge in [-0.25, -0.2) is 0 Å². The normalized spacial score (nSPS) is 21.7. The number of carbonyl (C=O) groups is 1. The molecule has 2 aromatic heterocycles. The minimum atomic E-state index is -0.505. The summed E-state index contributed by atoms with van der Waals surface area (Å²) in [4.78, 5) is 17.0. The van der Waals surface area contributed by atoms with Crippen molar-refractivity contribution in [2.24, 2.45) is 7.05 Å². The number of amides is 1. The highest BCUT2D eigenvalue weighted by molar-refractivity contribution is 6.64. The maximum atomic E-state index is 12.6. The van der Waals surface area contributed by atoms with Crippen LogP contribution in [0.3, 0.4) is 0 Å². The molecule has 0 N–H and O–H groups in total. The van der Waals surface area contributed by atoms with Crippen molar-refractivity contribution >= 4 is 30.0 Å². The van der Waals surface area contributed by atoms with Crippen LogP contribution in [-0.2, 0) is 40.5 Å². The van der Waals surface area contributed by atoms with Crippen LogP contribution in [0.15, 0.2) is 24.5 Å². The van der Waals surface area contributed by atoms with Gasteiger partial charge in [0.25, 0.3) is 0 Å². The Labute approximate surface area is 262 Å². The summed E-state index contributed by atoms with van der Waals surface area (Å²) in [6.07, 6.45) is 14.4. The summed E-state index contributed by atoms with van der Waals surface area (Å²) in [6.45, 7) is 12.4. The van der Waals surface area contributed by atoms with Crippen LogP contribution < -0.4 is 10.4 Å². The first-order valence-corrected chi connectivity index (χ1v) is 16.7. The molecule has 1 amide bonds. The van der Waals surface area contributed by atoms with E-state index < -0.39 is 18.3 Å². The molecule has 1 aromatic carbocycles. The van der Waals surface area contributed by atoms with E-state index in [2.05, 4.69) is 60.7 Å². The average Bonchev–Trinajstić information content (AvgIpc) is 3.56. The monoisotopic (exact) mass is 598 g/mol. The van der Waals surface area contributed by atoms with E-state index in [1.807, 2.05) is 22.8 Å². The van der Waals surface area contributed by atoms with Gasteiger partial charge in [-0.2, -0.15) is 10.2 Å². The van der Waals surface area contributed by atoms with Gasteiger partial charge in [0.15, 0.2) is 5.82 Å². The lowest BCUT2D eigenvalue weighted by molar-refractivity contribution is -0.129. The molecule has 0 radical (unpaired) electrons. The quantitative estimate of drug-likeness (QED) is 0.293. The molecule has 1 saturated heterocycles. The van der Waals surface area contributed by atoms with Gasteiger partial charge in [0.1, 0.15) is 0 Å². The van der Waals surface area contributed by atoms with Gasteiger partial charge in [0.05, 0.1) is 30.0 Å². The number of nitrogens with zero attached hydrogens (tertiary/aromatic N) is 6. The highest BCUT2D eigenvalue weighted by Crippen LogP contribution is 2.42. The minimum absolute atomic E-state index is 0.131. The zero-order valence-electron chi connectivity index (χ0n) is 27.4. The van der Waals surface area contributed by atoms with E-state index in [1.165, 1.54) is 61.0 Å². The van der Waals surface area contributed by atoms with E-state index in [9.17, 15) is 4.79 Å². The number of aromatic nitrogens is 4. The third kappa shape index (κ3) is 5.08. The standard InChI is InChI=1S/C34H47BN6O3/c1-23(42)39-17-15-30-28(22-39)32(37-41(30)26-13-9-7-8-10-14-26)40-16-11-12-24-18-27(25-20-36-38(6)21-25)29(19-31(24)40)35-43-33(2,3)34(4,5)44-35/h18-21,26H,7-17,22H2,1-6H3. The maximum absolute atomic E-state index is 12.6. The lowest BCUT2D eigenvalue weighted by Gasteiger charge is -2.33. The number of benzene rings is 1. The molecule has 0 spiro atoms. The van der Waals surface area contributed by atoms with E-state index in [0.717, 1.165) is 54.8 Å². The van der Waals surface area contributed by atoms with Crippen LogP contribution in [0.5, 0.6) is 0 Å². The van der Waals surface area contributed by atoms with Crippen LogP contribution in [0.2, 0.25) is 0 Å². The molecule has 1 aliphatic carbocycles. The first-order chi connectivity index (χ1) is 21.0. The van der Waals surface area contributed by atoms with Gasteiger partial charge in [-0.15, -0.1) is 0 Å². The molecule has 10 heteroatoms. The number of anilines is 2. The summed E-state index contributed by atoms with van der Waals surface area (Å²) in [5.74, 6) is 1.15. The van der Waals surface area contributed by atoms with Crippen LogP contribution in [0, 0.1) is 0 Å². The lowest BCUT2D eigenvalue weighted by atomic mass is 9.73. The highest BCUT2D eigenvalue weighted by atomic mass is 16.7. The van der Waals surface area contributed by atoms with Crippen molar-refractivity contribution in [3.8, 4) is 11.1 Å². The molecule has 3 aromatic rings. The largest absolute Gasteiger partial charge is 0.495 e. The Morgan fingerprint density at radius 2 is 1.70 bits per heavy atom. The number of hydrogen-bond acceptors (Lipinski definition) is 6. The van der Waals surface area contributed by atoms with Gasteiger partial charge < -0.3 is 19.1 Å². The van der Waals surface area contributed by atoms with Crippen molar-refractivity contribution in [1.82, 2.24) is 24.5 Å². The summed E-state index contributed by atoms with van der Waals surface area (Å²) in [6, 6.07) is 5.05. The number of hydrogen-bond donors (Lipinski definition) is 0. The average molecular weight is 599 g/mol. The summed E-state index contributed by atoms with van der Waals surface area (Å²) >= 11 is 0. The van der Waals surface area contributed by atoms with Gasteiger partial charge in [0, 0.05) is 62.2 Å². The summed E-state index contributed by atoms with van der Waals surface area (Å²) in [5.41, 5.74) is 7.29. The topological polar surface area (TPSA) is 77.7 Å². The fourth-order valence-electron chi connectivity index (χ4n) is 7.56. The van der Waals surface area contributed by atoms with Crippen molar-refractivity contribution in [1.29, 1.82) is 0 Å². The van der Waals surface area contributed by atoms with Crippen molar-refractivity contribution < 1.29 is 14.1 Å². The molecular weight excluding hydrogens is 551 g/mol. The van der Waals surface area contributed by atoms with Crippen LogP contribution in [0.1, 0.15) is 102 Å². The SMILES string of the molecule is CC(=O)N1CCc2c(c(N3CCCc4cc(-c5cnn(C)c5)c(B5OC(C)(C)C(C)(C)O5)cc43)nn2C2CCCCCC2)C1. The van der Waals surface area contributed by atoms with Crippen molar-refractivity contribution in [2.45, 2.75) is 116 Å². The second kappa shape index (κ2) is 11.1. The summed E-state index contributed by atoms with van der Waals surface area (Å²) in [5, 5.41) is 9.96. The fraction of sp³-hybridized carbons (Fsp3) is 0.618. The van der Waals surface area contributed by atoms with E-state index >= 15 is 0 Å². The Kier molecular flexibility index (Phi) is 7.43. The molecule has 3 aliphatic heterocycles. The molecular formula is C34H47BN6O3. The number of aryl methyl sites for hydroxylation is 2. The molecule has 0 bridgehead atoms. The molecule has 0 atom stereocenters. The molecule has 1 saturated carbocycles. The van der Waals surface area contributed by atoms with Crippen LogP contribution in [0.4, 0.5) is 11.5 Å². The Balaban J connectivity index is 1.36.